The highest BCUT2D eigenvalue weighted by Gasteiger charge is 2.39. The van der Waals surface area contributed by atoms with Crippen molar-refractivity contribution in [2.75, 3.05) is 4.90 Å². The number of rotatable bonds is 4. The van der Waals surface area contributed by atoms with Crippen molar-refractivity contribution in [2.45, 2.75) is 6.54 Å². The molecular weight excluding hydrogens is 336 g/mol. The van der Waals surface area contributed by atoms with Crippen molar-refractivity contribution in [1.29, 1.82) is 0 Å². The smallest absolute Gasteiger partial charge is 0.286 e. The summed E-state index contributed by atoms with van der Waals surface area (Å²) in [6.45, 7) is 0.267. The number of aromatic nitrogens is 2. The van der Waals surface area contributed by atoms with Crippen molar-refractivity contribution in [3.8, 4) is 0 Å². The van der Waals surface area contributed by atoms with Crippen LogP contribution in [0.15, 0.2) is 59.5 Å². The zero-order valence-corrected chi connectivity index (χ0v) is 13.4. The third kappa shape index (κ3) is 2.63. The second kappa shape index (κ2) is 6.25. The highest BCUT2D eigenvalue weighted by Crippen LogP contribution is 2.26. The van der Waals surface area contributed by atoms with Crippen LogP contribution in [0.2, 0.25) is 0 Å². The fourth-order valence-corrected chi connectivity index (χ4v) is 2.63. The largest absolute Gasteiger partial charge is 0.467 e. The monoisotopic (exact) mass is 348 g/mol. The van der Waals surface area contributed by atoms with Gasteiger partial charge in [0.15, 0.2) is 11.4 Å². The van der Waals surface area contributed by atoms with E-state index in [1.54, 1.807) is 12.1 Å². The van der Waals surface area contributed by atoms with E-state index in [9.17, 15) is 14.4 Å². The summed E-state index contributed by atoms with van der Waals surface area (Å²) in [7, 11) is 0. The summed E-state index contributed by atoms with van der Waals surface area (Å²) in [5.74, 6) is -0.721. The van der Waals surface area contributed by atoms with Gasteiger partial charge in [-0.15, -0.1) is 0 Å². The number of hydrogen-bond donors (Lipinski definition) is 1. The molecule has 3 aromatic rings. The normalized spacial score (nSPS) is 13.0. The average molecular weight is 348 g/mol. The van der Waals surface area contributed by atoms with Crippen molar-refractivity contribution in [3.63, 3.8) is 0 Å². The van der Waals surface area contributed by atoms with Gasteiger partial charge in [-0.25, -0.2) is 14.9 Å². The molecule has 8 heteroatoms. The van der Waals surface area contributed by atoms with Gasteiger partial charge in [-0.05, 0) is 36.4 Å². The van der Waals surface area contributed by atoms with Crippen LogP contribution in [-0.4, -0.2) is 27.7 Å². The lowest BCUT2D eigenvalue weighted by Gasteiger charge is -2.13. The van der Waals surface area contributed by atoms with E-state index in [0.29, 0.717) is 17.0 Å². The van der Waals surface area contributed by atoms with Gasteiger partial charge in [0.25, 0.3) is 17.7 Å². The SMILES string of the molecule is O=C(NCc1ccco1)c1ccc(N2C(=O)c3nccnc3C2=O)cc1. The van der Waals surface area contributed by atoms with Crippen molar-refractivity contribution in [2.24, 2.45) is 0 Å². The van der Waals surface area contributed by atoms with Crippen LogP contribution in [0.4, 0.5) is 5.69 Å². The Kier molecular flexibility index (Phi) is 3.77. The molecular formula is C18H12N4O4. The number of carbonyl (C=O) groups excluding carboxylic acids is 3. The van der Waals surface area contributed by atoms with E-state index in [4.69, 9.17) is 4.42 Å². The van der Waals surface area contributed by atoms with E-state index in [1.165, 1.54) is 42.9 Å². The Morgan fingerprint density at radius 2 is 1.65 bits per heavy atom. The van der Waals surface area contributed by atoms with Crippen molar-refractivity contribution in [1.82, 2.24) is 15.3 Å². The molecule has 1 aliphatic heterocycles. The van der Waals surface area contributed by atoms with Gasteiger partial charge in [-0.1, -0.05) is 0 Å². The third-order valence-electron chi connectivity index (χ3n) is 3.90. The van der Waals surface area contributed by atoms with Crippen molar-refractivity contribution >= 4 is 23.4 Å². The van der Waals surface area contributed by atoms with Crippen LogP contribution in [0.25, 0.3) is 0 Å². The molecule has 26 heavy (non-hydrogen) atoms. The number of anilines is 1. The molecule has 128 valence electrons. The van der Waals surface area contributed by atoms with E-state index < -0.39 is 11.8 Å². The molecule has 2 aromatic heterocycles. The lowest BCUT2D eigenvalue weighted by molar-refractivity contribution is 0.0920. The number of furan rings is 1. The molecule has 1 aliphatic rings. The third-order valence-corrected chi connectivity index (χ3v) is 3.90. The minimum atomic E-state index is -0.534. The summed E-state index contributed by atoms with van der Waals surface area (Å²) in [6, 6.07) is 9.64. The Morgan fingerprint density at radius 3 is 2.23 bits per heavy atom. The molecule has 3 heterocycles. The van der Waals surface area contributed by atoms with Gasteiger partial charge in [0.05, 0.1) is 18.5 Å². The van der Waals surface area contributed by atoms with Crippen LogP contribution in [0, 0.1) is 0 Å². The summed E-state index contributed by atoms with van der Waals surface area (Å²) < 4.78 is 5.15. The van der Waals surface area contributed by atoms with E-state index in [-0.39, 0.29) is 23.8 Å². The zero-order valence-electron chi connectivity index (χ0n) is 13.4. The summed E-state index contributed by atoms with van der Waals surface area (Å²) in [5.41, 5.74) is 0.797. The van der Waals surface area contributed by atoms with Gasteiger partial charge in [-0.2, -0.15) is 0 Å². The van der Waals surface area contributed by atoms with Gasteiger partial charge in [0.2, 0.25) is 0 Å². The quantitative estimate of drug-likeness (QED) is 0.721. The Hall–Kier alpha value is -3.81. The molecule has 0 atom stereocenters. The predicted octanol–water partition coefficient (Wildman–Crippen LogP) is 1.80. The maximum absolute atomic E-state index is 12.4. The second-order valence-corrected chi connectivity index (χ2v) is 5.51. The first kappa shape index (κ1) is 15.7. The van der Waals surface area contributed by atoms with Crippen molar-refractivity contribution < 1.29 is 18.8 Å². The molecule has 0 unspecified atom stereocenters. The summed E-state index contributed by atoms with van der Waals surface area (Å²) in [4.78, 5) is 45.7. The minimum absolute atomic E-state index is 0.0257. The lowest BCUT2D eigenvalue weighted by atomic mass is 10.2. The van der Waals surface area contributed by atoms with Crippen LogP contribution in [-0.2, 0) is 6.54 Å². The van der Waals surface area contributed by atoms with E-state index in [0.717, 1.165) is 4.90 Å². The molecule has 1 aromatic carbocycles. The highest BCUT2D eigenvalue weighted by molar-refractivity contribution is 6.33. The van der Waals surface area contributed by atoms with Gasteiger partial charge in [0.1, 0.15) is 5.76 Å². The molecule has 8 nitrogen and oxygen atoms in total. The van der Waals surface area contributed by atoms with Gasteiger partial charge >= 0.3 is 0 Å². The molecule has 4 rings (SSSR count). The van der Waals surface area contributed by atoms with Crippen LogP contribution in [0.3, 0.4) is 0 Å². The predicted molar refractivity (Wildman–Crippen MR) is 89.5 cm³/mol. The number of benzene rings is 1. The zero-order chi connectivity index (χ0) is 18.1. The Balaban J connectivity index is 1.51. The number of nitrogens with zero attached hydrogens (tertiary/aromatic N) is 3. The number of fused-ring (bicyclic) bond motifs is 1. The first-order valence-corrected chi connectivity index (χ1v) is 7.75. The summed E-state index contributed by atoms with van der Waals surface area (Å²) >= 11 is 0. The molecule has 3 amide bonds. The molecule has 0 radical (unpaired) electrons. The molecule has 0 fully saturated rings. The first-order chi connectivity index (χ1) is 12.6. The Bertz CT molecular complexity index is 961. The van der Waals surface area contributed by atoms with Crippen LogP contribution < -0.4 is 10.2 Å². The van der Waals surface area contributed by atoms with Crippen LogP contribution >= 0.6 is 0 Å². The minimum Gasteiger partial charge on any atom is -0.467 e. The highest BCUT2D eigenvalue weighted by atomic mass is 16.3. The first-order valence-electron chi connectivity index (χ1n) is 7.75. The van der Waals surface area contributed by atoms with E-state index in [2.05, 4.69) is 15.3 Å². The van der Waals surface area contributed by atoms with Crippen molar-refractivity contribution in [3.05, 3.63) is 77.8 Å². The molecule has 0 spiro atoms. The maximum Gasteiger partial charge on any atom is 0.286 e. The van der Waals surface area contributed by atoms with Crippen LogP contribution in [0.5, 0.6) is 0 Å². The molecule has 0 saturated heterocycles. The number of imide groups is 1. The van der Waals surface area contributed by atoms with E-state index >= 15 is 0 Å². The van der Waals surface area contributed by atoms with Crippen LogP contribution in [0.1, 0.15) is 37.1 Å². The number of hydrogen-bond acceptors (Lipinski definition) is 6. The summed E-state index contributed by atoms with van der Waals surface area (Å²) in [5, 5.41) is 2.72. The fraction of sp³-hybridized carbons (Fsp3) is 0.0556. The standard InChI is InChI=1S/C18H12N4O4/c23-16(21-10-13-2-1-9-26-13)11-3-5-12(6-4-11)22-17(24)14-15(18(22)25)20-8-7-19-14/h1-9H,10H2,(H,21,23). The summed E-state index contributed by atoms with van der Waals surface area (Å²) in [6.07, 6.45) is 4.25. The van der Waals surface area contributed by atoms with E-state index in [1.807, 2.05) is 0 Å². The topological polar surface area (TPSA) is 105 Å². The molecule has 0 aliphatic carbocycles. The fourth-order valence-electron chi connectivity index (χ4n) is 2.63. The number of carbonyl (C=O) groups is 3. The molecule has 0 bridgehead atoms. The molecule has 0 saturated carbocycles. The average Bonchev–Trinajstić information content (AvgIpc) is 3.28. The van der Waals surface area contributed by atoms with Gasteiger partial charge in [0, 0.05) is 18.0 Å². The number of amides is 3. The second-order valence-electron chi connectivity index (χ2n) is 5.51. The van der Waals surface area contributed by atoms with Gasteiger partial charge in [-0.3, -0.25) is 14.4 Å². The lowest BCUT2D eigenvalue weighted by Crippen LogP contribution is -2.29. The maximum atomic E-state index is 12.4. The Morgan fingerprint density at radius 1 is 1.00 bits per heavy atom. The Labute approximate surface area is 147 Å². The molecule has 1 N–H and O–H groups in total. The van der Waals surface area contributed by atoms with Gasteiger partial charge < -0.3 is 9.73 Å². The number of nitrogens with one attached hydrogen (secondary N) is 1.